The zero-order valence-corrected chi connectivity index (χ0v) is 18.6. The highest BCUT2D eigenvalue weighted by atomic mass is 32.1. The summed E-state index contributed by atoms with van der Waals surface area (Å²) in [6.07, 6.45) is 3.52. The Morgan fingerprint density at radius 1 is 1.10 bits per heavy atom. The molecule has 3 heterocycles. The van der Waals surface area contributed by atoms with Crippen LogP contribution in [0, 0.1) is 6.92 Å². The Hall–Kier alpha value is -3.33. The molecule has 4 rings (SSSR count). The van der Waals surface area contributed by atoms with E-state index in [-0.39, 0.29) is 5.91 Å². The monoisotopic (exact) mass is 439 g/mol. The first-order chi connectivity index (χ1) is 15.0. The molecule has 2 N–H and O–H groups in total. The van der Waals surface area contributed by atoms with E-state index in [1.165, 1.54) is 4.88 Å². The molecule has 162 valence electrons. The third-order valence-corrected chi connectivity index (χ3v) is 6.21. The lowest BCUT2D eigenvalue weighted by atomic mass is 10.2. The molecule has 8 nitrogen and oxygen atoms in total. The summed E-state index contributed by atoms with van der Waals surface area (Å²) in [5.74, 6) is 2.11. The molecular formula is C22H25N5O3S. The summed E-state index contributed by atoms with van der Waals surface area (Å²) in [4.78, 5) is 27.9. The number of aryl methyl sites for hydroxylation is 1. The van der Waals surface area contributed by atoms with Gasteiger partial charge in [-0.15, -0.1) is 11.3 Å². The number of nitrogens with two attached hydrogens (primary N) is 1. The number of benzene rings is 1. The largest absolute Gasteiger partial charge is 0.493 e. The van der Waals surface area contributed by atoms with Gasteiger partial charge in [-0.2, -0.15) is 4.98 Å². The van der Waals surface area contributed by atoms with Gasteiger partial charge < -0.3 is 25.0 Å². The summed E-state index contributed by atoms with van der Waals surface area (Å²) in [5.41, 5.74) is 6.89. The number of carbonyl (C=O) groups excluding carboxylic acids is 1. The van der Waals surface area contributed by atoms with Crippen molar-refractivity contribution >= 4 is 46.0 Å². The summed E-state index contributed by atoms with van der Waals surface area (Å²) in [6, 6.07) is 7.65. The molecular weight excluding hydrogens is 414 g/mol. The molecule has 1 aromatic carbocycles. The van der Waals surface area contributed by atoms with Crippen molar-refractivity contribution in [2.75, 3.05) is 51.0 Å². The van der Waals surface area contributed by atoms with Crippen molar-refractivity contribution in [2.24, 2.45) is 0 Å². The van der Waals surface area contributed by atoms with Gasteiger partial charge in [0.25, 0.3) is 0 Å². The molecule has 0 radical (unpaired) electrons. The predicted molar refractivity (Wildman–Crippen MR) is 124 cm³/mol. The van der Waals surface area contributed by atoms with Gasteiger partial charge in [-0.3, -0.25) is 4.79 Å². The van der Waals surface area contributed by atoms with Crippen molar-refractivity contribution in [1.29, 1.82) is 0 Å². The van der Waals surface area contributed by atoms with E-state index in [0.29, 0.717) is 60.3 Å². The highest BCUT2D eigenvalue weighted by Gasteiger charge is 2.22. The summed E-state index contributed by atoms with van der Waals surface area (Å²) in [6.45, 7) is 4.52. The van der Waals surface area contributed by atoms with Gasteiger partial charge in [-0.05, 0) is 31.2 Å². The second kappa shape index (κ2) is 8.81. The first kappa shape index (κ1) is 20.9. The number of nitrogen functional groups attached to an aromatic ring is 1. The molecule has 1 fully saturated rings. The third-order valence-electron chi connectivity index (χ3n) is 5.24. The number of amides is 1. The maximum Gasteiger partial charge on any atom is 0.246 e. The van der Waals surface area contributed by atoms with Crippen molar-refractivity contribution in [3.05, 3.63) is 40.1 Å². The predicted octanol–water partition coefficient (Wildman–Crippen LogP) is 2.96. The Morgan fingerprint density at radius 2 is 1.81 bits per heavy atom. The minimum atomic E-state index is 0.0153. The summed E-state index contributed by atoms with van der Waals surface area (Å²) >= 11 is 1.67. The number of hydrogen-bond donors (Lipinski definition) is 1. The summed E-state index contributed by atoms with van der Waals surface area (Å²) in [5, 5.41) is 0.712. The van der Waals surface area contributed by atoms with E-state index in [2.05, 4.69) is 23.0 Å². The van der Waals surface area contributed by atoms with E-state index in [0.717, 1.165) is 4.88 Å². The molecule has 3 aromatic rings. The van der Waals surface area contributed by atoms with Crippen LogP contribution in [0.25, 0.3) is 17.0 Å². The van der Waals surface area contributed by atoms with Crippen LogP contribution in [0.3, 0.4) is 0 Å². The fourth-order valence-corrected chi connectivity index (χ4v) is 4.32. The van der Waals surface area contributed by atoms with Gasteiger partial charge in [0.2, 0.25) is 11.9 Å². The van der Waals surface area contributed by atoms with E-state index >= 15 is 0 Å². The Morgan fingerprint density at radius 3 is 2.45 bits per heavy atom. The van der Waals surface area contributed by atoms with Crippen molar-refractivity contribution in [3.63, 3.8) is 0 Å². The van der Waals surface area contributed by atoms with Crippen molar-refractivity contribution in [3.8, 4) is 11.5 Å². The average molecular weight is 440 g/mol. The SMILES string of the molecule is COc1cc2nc(N3CCN(C(=O)/C=C/c4ccc(C)s4)CC3)nc(N)c2cc1OC. The normalized spacial score (nSPS) is 14.4. The van der Waals surface area contributed by atoms with E-state index in [1.807, 2.05) is 21.9 Å². The third kappa shape index (κ3) is 4.41. The number of ether oxygens (including phenoxy) is 2. The van der Waals surface area contributed by atoms with Gasteiger partial charge in [0.05, 0.1) is 19.7 Å². The molecule has 9 heteroatoms. The molecule has 0 bridgehead atoms. The number of rotatable bonds is 5. The molecule has 2 aromatic heterocycles. The van der Waals surface area contributed by atoms with E-state index in [1.54, 1.807) is 43.8 Å². The van der Waals surface area contributed by atoms with E-state index in [9.17, 15) is 4.79 Å². The standard InChI is InChI=1S/C22H25N5O3S/c1-14-4-5-15(31-14)6-7-20(28)26-8-10-27(11-9-26)22-24-17-13-19(30-3)18(29-2)12-16(17)21(23)25-22/h4-7,12-13H,8-11H2,1-3H3,(H2,23,24,25)/b7-6+. The maximum atomic E-state index is 12.5. The van der Waals surface area contributed by atoms with Gasteiger partial charge in [0.1, 0.15) is 5.82 Å². The second-order valence-electron chi connectivity index (χ2n) is 7.23. The van der Waals surface area contributed by atoms with Crippen LogP contribution in [-0.4, -0.2) is 61.2 Å². The Bertz CT molecular complexity index is 1140. The average Bonchev–Trinajstić information content (AvgIpc) is 3.21. The minimum absolute atomic E-state index is 0.0153. The quantitative estimate of drug-likeness (QED) is 0.611. The van der Waals surface area contributed by atoms with Gasteiger partial charge >= 0.3 is 0 Å². The number of methoxy groups -OCH3 is 2. The first-order valence-corrected chi connectivity index (χ1v) is 10.8. The lowest BCUT2D eigenvalue weighted by molar-refractivity contribution is -0.126. The number of aromatic nitrogens is 2. The molecule has 31 heavy (non-hydrogen) atoms. The van der Waals surface area contributed by atoms with Crippen molar-refractivity contribution < 1.29 is 14.3 Å². The van der Waals surface area contributed by atoms with Crippen LogP contribution >= 0.6 is 11.3 Å². The van der Waals surface area contributed by atoms with E-state index in [4.69, 9.17) is 15.2 Å². The Kier molecular flexibility index (Phi) is 5.94. The number of carbonyl (C=O) groups is 1. The molecule has 1 saturated heterocycles. The fourth-order valence-electron chi connectivity index (χ4n) is 3.54. The van der Waals surface area contributed by atoms with Crippen LogP contribution in [0.5, 0.6) is 11.5 Å². The Labute approximate surface area is 184 Å². The van der Waals surface area contributed by atoms with Crippen LogP contribution in [0.15, 0.2) is 30.3 Å². The van der Waals surface area contributed by atoms with Gasteiger partial charge in [-0.1, -0.05) is 0 Å². The topological polar surface area (TPSA) is 93.8 Å². The zero-order chi connectivity index (χ0) is 22.0. The lowest BCUT2D eigenvalue weighted by Crippen LogP contribution is -2.48. The highest BCUT2D eigenvalue weighted by molar-refractivity contribution is 7.12. The number of hydrogen-bond acceptors (Lipinski definition) is 8. The number of fused-ring (bicyclic) bond motifs is 1. The van der Waals surface area contributed by atoms with Gasteiger partial charge in [-0.25, -0.2) is 4.98 Å². The molecule has 1 amide bonds. The van der Waals surface area contributed by atoms with Gasteiger partial charge in [0.15, 0.2) is 11.5 Å². The van der Waals surface area contributed by atoms with Crippen molar-refractivity contribution in [2.45, 2.75) is 6.92 Å². The smallest absolute Gasteiger partial charge is 0.246 e. The summed E-state index contributed by atoms with van der Waals surface area (Å²) < 4.78 is 10.7. The maximum absolute atomic E-state index is 12.5. The number of piperazine rings is 1. The lowest BCUT2D eigenvalue weighted by Gasteiger charge is -2.34. The zero-order valence-electron chi connectivity index (χ0n) is 17.8. The van der Waals surface area contributed by atoms with Crippen LogP contribution in [0.2, 0.25) is 0 Å². The highest BCUT2D eigenvalue weighted by Crippen LogP contribution is 2.34. The number of nitrogens with zero attached hydrogens (tertiary/aromatic N) is 4. The van der Waals surface area contributed by atoms with Crippen LogP contribution in [0.4, 0.5) is 11.8 Å². The number of thiophene rings is 1. The minimum Gasteiger partial charge on any atom is -0.493 e. The van der Waals surface area contributed by atoms with Crippen LogP contribution in [-0.2, 0) is 4.79 Å². The second-order valence-corrected chi connectivity index (χ2v) is 8.55. The Balaban J connectivity index is 1.46. The molecule has 1 aliphatic rings. The fraction of sp³-hybridized carbons (Fsp3) is 0.318. The molecule has 1 aliphatic heterocycles. The van der Waals surface area contributed by atoms with Gasteiger partial charge in [0, 0.05) is 53.5 Å². The molecule has 0 aliphatic carbocycles. The van der Waals surface area contributed by atoms with Crippen LogP contribution in [0.1, 0.15) is 9.75 Å². The first-order valence-electron chi connectivity index (χ1n) is 9.96. The number of anilines is 2. The molecule has 0 spiro atoms. The summed E-state index contributed by atoms with van der Waals surface area (Å²) in [7, 11) is 3.16. The van der Waals surface area contributed by atoms with E-state index < -0.39 is 0 Å². The van der Waals surface area contributed by atoms with Crippen molar-refractivity contribution in [1.82, 2.24) is 14.9 Å². The molecule has 0 atom stereocenters. The van der Waals surface area contributed by atoms with Crippen LogP contribution < -0.4 is 20.1 Å². The molecule has 0 saturated carbocycles. The molecule has 0 unspecified atom stereocenters.